The predicted octanol–water partition coefficient (Wildman–Crippen LogP) is 4.78. The molecule has 116 valence electrons. The molecule has 1 unspecified atom stereocenters. The van der Waals surface area contributed by atoms with Gasteiger partial charge in [0.1, 0.15) is 11.6 Å². The van der Waals surface area contributed by atoms with Crippen molar-refractivity contribution in [2.45, 2.75) is 13.0 Å². The number of hydrogen-bond donors (Lipinski definition) is 1. The van der Waals surface area contributed by atoms with Gasteiger partial charge in [0, 0.05) is 0 Å². The van der Waals surface area contributed by atoms with Crippen molar-refractivity contribution in [3.8, 4) is 6.07 Å². The molecule has 2 aromatic rings. The number of carbonyl (C=O) groups is 1. The zero-order chi connectivity index (χ0) is 16.8. The van der Waals surface area contributed by atoms with Gasteiger partial charge in [-0.15, -0.1) is 0 Å². The van der Waals surface area contributed by atoms with E-state index in [0.29, 0.717) is 15.6 Å². The van der Waals surface area contributed by atoms with E-state index in [2.05, 4.69) is 5.32 Å². The number of nitrogens with zero attached hydrogens (tertiary/aromatic N) is 1. The van der Waals surface area contributed by atoms with Crippen LogP contribution in [0.2, 0.25) is 10.0 Å². The van der Waals surface area contributed by atoms with Gasteiger partial charge < -0.3 is 5.32 Å². The highest BCUT2D eigenvalue weighted by Crippen LogP contribution is 2.23. The second-order valence-electron chi connectivity index (χ2n) is 4.95. The second kappa shape index (κ2) is 7.82. The van der Waals surface area contributed by atoms with Crippen LogP contribution in [0.15, 0.2) is 54.1 Å². The lowest BCUT2D eigenvalue weighted by molar-refractivity contribution is -0.117. The first-order valence-electron chi connectivity index (χ1n) is 6.94. The van der Waals surface area contributed by atoms with E-state index in [1.807, 2.05) is 43.3 Å². The summed E-state index contributed by atoms with van der Waals surface area (Å²) in [5.41, 5.74) is 1.61. The van der Waals surface area contributed by atoms with Crippen LogP contribution in [0.5, 0.6) is 0 Å². The number of halogens is 2. The summed E-state index contributed by atoms with van der Waals surface area (Å²) in [7, 11) is 0. The highest BCUT2D eigenvalue weighted by Gasteiger charge is 2.13. The maximum absolute atomic E-state index is 12.3. The summed E-state index contributed by atoms with van der Waals surface area (Å²) in [6.45, 7) is 1.86. The normalized spacial score (nSPS) is 12.3. The Balaban J connectivity index is 2.17. The summed E-state index contributed by atoms with van der Waals surface area (Å²) in [6, 6.07) is 16.2. The first-order chi connectivity index (χ1) is 11.0. The maximum atomic E-state index is 12.3. The monoisotopic (exact) mass is 344 g/mol. The van der Waals surface area contributed by atoms with E-state index in [4.69, 9.17) is 23.2 Å². The van der Waals surface area contributed by atoms with Crippen molar-refractivity contribution in [2.24, 2.45) is 0 Å². The van der Waals surface area contributed by atoms with Crippen molar-refractivity contribution in [1.82, 2.24) is 5.32 Å². The lowest BCUT2D eigenvalue weighted by Crippen LogP contribution is -2.27. The molecule has 1 amide bonds. The molecule has 2 aromatic carbocycles. The topological polar surface area (TPSA) is 52.9 Å². The van der Waals surface area contributed by atoms with Gasteiger partial charge in [0.25, 0.3) is 5.91 Å². The molecule has 0 spiro atoms. The van der Waals surface area contributed by atoms with Gasteiger partial charge in [-0.3, -0.25) is 4.79 Å². The zero-order valence-corrected chi connectivity index (χ0v) is 13.9. The highest BCUT2D eigenvalue weighted by molar-refractivity contribution is 6.42. The van der Waals surface area contributed by atoms with E-state index >= 15 is 0 Å². The van der Waals surface area contributed by atoms with Crippen molar-refractivity contribution >= 4 is 35.2 Å². The quantitative estimate of drug-likeness (QED) is 0.641. The fourth-order valence-corrected chi connectivity index (χ4v) is 2.32. The standard InChI is InChI=1S/C18H14Cl2N2O/c1-12(14-5-3-2-4-6-14)22-18(23)15(11-21)9-13-7-8-16(19)17(20)10-13/h2-10,12H,1H3,(H,22,23)/b15-9-. The summed E-state index contributed by atoms with van der Waals surface area (Å²) >= 11 is 11.8. The molecular weight excluding hydrogens is 331 g/mol. The molecule has 23 heavy (non-hydrogen) atoms. The third-order valence-corrected chi connectivity index (χ3v) is 4.01. The van der Waals surface area contributed by atoms with Crippen LogP contribution in [0.1, 0.15) is 24.1 Å². The molecule has 0 saturated carbocycles. The van der Waals surface area contributed by atoms with Gasteiger partial charge in [0.2, 0.25) is 0 Å². The SMILES string of the molecule is CC(NC(=O)/C(C#N)=C\c1ccc(Cl)c(Cl)c1)c1ccccc1. The summed E-state index contributed by atoms with van der Waals surface area (Å²) in [6.07, 6.45) is 1.48. The van der Waals surface area contributed by atoms with Crippen LogP contribution in [0, 0.1) is 11.3 Å². The average Bonchev–Trinajstić information content (AvgIpc) is 2.56. The summed E-state index contributed by atoms with van der Waals surface area (Å²) in [4.78, 5) is 12.3. The van der Waals surface area contributed by atoms with Crippen molar-refractivity contribution in [3.05, 3.63) is 75.3 Å². The number of benzene rings is 2. The van der Waals surface area contributed by atoms with Crippen LogP contribution >= 0.6 is 23.2 Å². The number of hydrogen-bond acceptors (Lipinski definition) is 2. The van der Waals surface area contributed by atoms with Crippen LogP contribution < -0.4 is 5.32 Å². The predicted molar refractivity (Wildman–Crippen MR) is 93.1 cm³/mol. The molecular formula is C18H14Cl2N2O. The molecule has 1 atom stereocenters. The third kappa shape index (κ3) is 4.59. The van der Waals surface area contributed by atoms with Crippen LogP contribution in [0.3, 0.4) is 0 Å². The van der Waals surface area contributed by atoms with Gasteiger partial charge >= 0.3 is 0 Å². The molecule has 0 aliphatic carbocycles. The average molecular weight is 345 g/mol. The Hall–Kier alpha value is -2.28. The Morgan fingerprint density at radius 2 is 1.87 bits per heavy atom. The Bertz CT molecular complexity index is 779. The maximum Gasteiger partial charge on any atom is 0.262 e. The second-order valence-corrected chi connectivity index (χ2v) is 5.76. The van der Waals surface area contributed by atoms with Gasteiger partial charge in [0.15, 0.2) is 0 Å². The third-order valence-electron chi connectivity index (χ3n) is 3.27. The van der Waals surface area contributed by atoms with Gasteiger partial charge in [-0.1, -0.05) is 59.6 Å². The van der Waals surface area contributed by atoms with Gasteiger partial charge in [0.05, 0.1) is 16.1 Å². The molecule has 1 N–H and O–H groups in total. The molecule has 2 rings (SSSR count). The number of amides is 1. The molecule has 0 bridgehead atoms. The van der Waals surface area contributed by atoms with Crippen LogP contribution in [0.4, 0.5) is 0 Å². The van der Waals surface area contributed by atoms with Crippen LogP contribution in [0.25, 0.3) is 6.08 Å². The highest BCUT2D eigenvalue weighted by atomic mass is 35.5. The summed E-state index contributed by atoms with van der Waals surface area (Å²) < 4.78 is 0. The Morgan fingerprint density at radius 1 is 1.17 bits per heavy atom. The smallest absolute Gasteiger partial charge is 0.262 e. The van der Waals surface area contributed by atoms with Crippen molar-refractivity contribution in [2.75, 3.05) is 0 Å². The van der Waals surface area contributed by atoms with Crippen molar-refractivity contribution in [3.63, 3.8) is 0 Å². The first kappa shape index (κ1) is 17.1. The van der Waals surface area contributed by atoms with Crippen LogP contribution in [-0.2, 0) is 4.79 Å². The largest absolute Gasteiger partial charge is 0.345 e. The molecule has 0 aromatic heterocycles. The van der Waals surface area contributed by atoms with E-state index in [0.717, 1.165) is 5.56 Å². The van der Waals surface area contributed by atoms with Gasteiger partial charge in [-0.25, -0.2) is 0 Å². The number of nitriles is 1. The molecule has 0 radical (unpaired) electrons. The molecule has 0 heterocycles. The summed E-state index contributed by atoms with van der Waals surface area (Å²) in [5.74, 6) is -0.435. The van der Waals surface area contributed by atoms with E-state index < -0.39 is 5.91 Å². The fourth-order valence-electron chi connectivity index (χ4n) is 2.02. The minimum absolute atomic E-state index is 0.00571. The van der Waals surface area contributed by atoms with E-state index in [1.165, 1.54) is 6.08 Å². The molecule has 3 nitrogen and oxygen atoms in total. The molecule has 0 aliphatic heterocycles. The molecule has 0 saturated heterocycles. The van der Waals surface area contributed by atoms with Gasteiger partial charge in [-0.05, 0) is 36.3 Å². The van der Waals surface area contributed by atoms with Crippen molar-refractivity contribution < 1.29 is 4.79 Å². The number of nitrogens with one attached hydrogen (secondary N) is 1. The lowest BCUT2D eigenvalue weighted by atomic mass is 10.1. The number of rotatable bonds is 4. The summed E-state index contributed by atoms with van der Waals surface area (Å²) in [5, 5.41) is 12.8. The number of carbonyl (C=O) groups excluding carboxylic acids is 1. The Morgan fingerprint density at radius 3 is 2.48 bits per heavy atom. The Labute approximate surface area is 145 Å². The zero-order valence-electron chi connectivity index (χ0n) is 12.4. The minimum Gasteiger partial charge on any atom is -0.345 e. The lowest BCUT2D eigenvalue weighted by Gasteiger charge is -2.13. The van der Waals surface area contributed by atoms with Gasteiger partial charge in [-0.2, -0.15) is 5.26 Å². The van der Waals surface area contributed by atoms with E-state index in [-0.39, 0.29) is 11.6 Å². The first-order valence-corrected chi connectivity index (χ1v) is 7.69. The fraction of sp³-hybridized carbons (Fsp3) is 0.111. The van der Waals surface area contributed by atoms with Crippen LogP contribution in [-0.4, -0.2) is 5.91 Å². The molecule has 0 fully saturated rings. The minimum atomic E-state index is -0.435. The Kier molecular flexibility index (Phi) is 5.81. The molecule has 0 aliphatic rings. The van der Waals surface area contributed by atoms with E-state index in [9.17, 15) is 10.1 Å². The van der Waals surface area contributed by atoms with E-state index in [1.54, 1.807) is 18.2 Å². The van der Waals surface area contributed by atoms with Crippen molar-refractivity contribution in [1.29, 1.82) is 5.26 Å². The molecule has 5 heteroatoms.